The molecule has 0 aliphatic carbocycles. The summed E-state index contributed by atoms with van der Waals surface area (Å²) in [6.07, 6.45) is -0.309. The summed E-state index contributed by atoms with van der Waals surface area (Å²) in [6, 6.07) is 9.18. The number of benzene rings is 1. The Hall–Kier alpha value is -2.42. The number of hydrogen-bond donors (Lipinski definition) is 0. The first-order valence-corrected chi connectivity index (χ1v) is 10.2. The van der Waals surface area contributed by atoms with E-state index in [2.05, 4.69) is 9.88 Å². The Bertz CT molecular complexity index is 869. The Kier molecular flexibility index (Phi) is 6.66. The van der Waals surface area contributed by atoms with Gasteiger partial charge in [0.2, 0.25) is 5.91 Å². The van der Waals surface area contributed by atoms with Gasteiger partial charge in [-0.2, -0.15) is 0 Å². The minimum Gasteiger partial charge on any atom is -0.379 e. The van der Waals surface area contributed by atoms with Crippen LogP contribution in [-0.4, -0.2) is 73.2 Å². The Labute approximate surface area is 174 Å². The van der Waals surface area contributed by atoms with Gasteiger partial charge in [-0.25, -0.2) is 8.78 Å². The second kappa shape index (κ2) is 9.59. The summed E-state index contributed by atoms with van der Waals surface area (Å²) in [5, 5.41) is 0. The molecule has 0 bridgehead atoms. The van der Waals surface area contributed by atoms with Crippen LogP contribution in [0.4, 0.5) is 8.78 Å². The molecule has 160 valence electrons. The van der Waals surface area contributed by atoms with Crippen molar-refractivity contribution in [3.8, 4) is 0 Å². The Balaban J connectivity index is 1.42. The maximum atomic E-state index is 14.0. The van der Waals surface area contributed by atoms with Gasteiger partial charge >= 0.3 is 0 Å². The smallest absolute Gasteiger partial charge is 0.236 e. The number of carbonyl (C=O) groups is 1. The number of aromatic nitrogens is 1. The van der Waals surface area contributed by atoms with E-state index in [1.165, 1.54) is 18.2 Å². The first kappa shape index (κ1) is 20.8. The van der Waals surface area contributed by atoms with Crippen LogP contribution in [0.5, 0.6) is 0 Å². The van der Waals surface area contributed by atoms with Crippen molar-refractivity contribution in [2.75, 3.05) is 52.5 Å². The second-order valence-corrected chi connectivity index (χ2v) is 7.52. The molecule has 0 saturated carbocycles. The number of ether oxygens (including phenoxy) is 2. The van der Waals surface area contributed by atoms with Crippen LogP contribution in [-0.2, 0) is 20.7 Å². The largest absolute Gasteiger partial charge is 0.379 e. The number of amides is 1. The van der Waals surface area contributed by atoms with Gasteiger partial charge in [0, 0.05) is 37.3 Å². The molecule has 0 unspecified atom stereocenters. The predicted octanol–water partition coefficient (Wildman–Crippen LogP) is 2.18. The lowest BCUT2D eigenvalue weighted by atomic mass is 10.1. The molecular formula is C22H25F2N3O3. The maximum absolute atomic E-state index is 14.0. The predicted molar refractivity (Wildman–Crippen MR) is 106 cm³/mol. The van der Waals surface area contributed by atoms with Crippen molar-refractivity contribution in [2.24, 2.45) is 0 Å². The molecule has 1 aromatic heterocycles. The maximum Gasteiger partial charge on any atom is 0.236 e. The average molecular weight is 417 g/mol. The van der Waals surface area contributed by atoms with Crippen LogP contribution in [0.2, 0.25) is 0 Å². The molecule has 2 saturated heterocycles. The standard InChI is InChI=1S/C22H25F2N3O3/c23-18-4-2-5-19(24)17(18)13-16-3-1-6-20(25-16)21-14-27(9-12-30-21)22(28)15-26-7-10-29-11-8-26/h1-6,21H,7-15H2/t21-/m1/s1. The van der Waals surface area contributed by atoms with Crippen LogP contribution in [0.15, 0.2) is 36.4 Å². The lowest BCUT2D eigenvalue weighted by Gasteiger charge is -2.35. The highest BCUT2D eigenvalue weighted by molar-refractivity contribution is 5.78. The number of rotatable bonds is 5. The molecule has 8 heteroatoms. The summed E-state index contributed by atoms with van der Waals surface area (Å²) in [7, 11) is 0. The van der Waals surface area contributed by atoms with Crippen molar-refractivity contribution >= 4 is 5.91 Å². The molecule has 6 nitrogen and oxygen atoms in total. The zero-order chi connectivity index (χ0) is 20.9. The van der Waals surface area contributed by atoms with Crippen molar-refractivity contribution in [1.29, 1.82) is 0 Å². The van der Waals surface area contributed by atoms with Crippen LogP contribution in [0.3, 0.4) is 0 Å². The molecule has 0 spiro atoms. The van der Waals surface area contributed by atoms with Crippen LogP contribution in [0.1, 0.15) is 23.1 Å². The average Bonchev–Trinajstić information content (AvgIpc) is 2.77. The lowest BCUT2D eigenvalue weighted by Crippen LogP contribution is -2.48. The highest BCUT2D eigenvalue weighted by atomic mass is 19.1. The Morgan fingerprint density at radius 1 is 1.03 bits per heavy atom. The number of morpholine rings is 2. The van der Waals surface area contributed by atoms with Gasteiger partial charge in [-0.1, -0.05) is 12.1 Å². The topological polar surface area (TPSA) is 54.9 Å². The van der Waals surface area contributed by atoms with E-state index in [-0.39, 0.29) is 24.0 Å². The van der Waals surface area contributed by atoms with E-state index >= 15 is 0 Å². The molecule has 0 N–H and O–H groups in total. The first-order chi connectivity index (χ1) is 14.6. The summed E-state index contributed by atoms with van der Waals surface area (Å²) in [5.74, 6) is -1.11. The SMILES string of the molecule is O=C(CN1CCOCC1)N1CCO[C@@H](c2cccc(Cc3c(F)cccc3F)n2)C1. The van der Waals surface area contributed by atoms with Gasteiger partial charge in [0.05, 0.1) is 38.6 Å². The zero-order valence-corrected chi connectivity index (χ0v) is 16.7. The van der Waals surface area contributed by atoms with Crippen molar-refractivity contribution in [2.45, 2.75) is 12.5 Å². The molecule has 0 radical (unpaired) electrons. The van der Waals surface area contributed by atoms with E-state index < -0.39 is 11.6 Å². The minimum atomic E-state index is -0.587. The number of pyridine rings is 1. The third kappa shape index (κ3) is 5.00. The van der Waals surface area contributed by atoms with E-state index in [9.17, 15) is 13.6 Å². The fraction of sp³-hybridized carbons (Fsp3) is 0.455. The van der Waals surface area contributed by atoms with Crippen molar-refractivity contribution in [3.63, 3.8) is 0 Å². The van der Waals surface area contributed by atoms with E-state index in [0.29, 0.717) is 50.8 Å². The summed E-state index contributed by atoms with van der Waals surface area (Å²) in [6.45, 7) is 4.57. The van der Waals surface area contributed by atoms with Gasteiger partial charge in [0.25, 0.3) is 0 Å². The minimum absolute atomic E-state index is 0.00553. The Morgan fingerprint density at radius 2 is 1.77 bits per heavy atom. The molecule has 2 aliphatic heterocycles. The van der Waals surface area contributed by atoms with Gasteiger partial charge < -0.3 is 14.4 Å². The zero-order valence-electron chi connectivity index (χ0n) is 16.7. The second-order valence-electron chi connectivity index (χ2n) is 7.52. The van der Waals surface area contributed by atoms with E-state index in [4.69, 9.17) is 9.47 Å². The van der Waals surface area contributed by atoms with Crippen LogP contribution in [0.25, 0.3) is 0 Å². The van der Waals surface area contributed by atoms with Gasteiger partial charge in [0.15, 0.2) is 0 Å². The number of hydrogen-bond acceptors (Lipinski definition) is 5. The Morgan fingerprint density at radius 3 is 2.53 bits per heavy atom. The highest BCUT2D eigenvalue weighted by Gasteiger charge is 2.27. The summed E-state index contributed by atoms with van der Waals surface area (Å²) in [5.41, 5.74) is 1.21. The first-order valence-electron chi connectivity index (χ1n) is 10.2. The molecule has 3 heterocycles. The normalized spacial score (nSPS) is 20.3. The lowest BCUT2D eigenvalue weighted by molar-refractivity contribution is -0.141. The number of halogens is 2. The van der Waals surface area contributed by atoms with Gasteiger partial charge in [-0.05, 0) is 24.3 Å². The number of carbonyl (C=O) groups excluding carboxylic acids is 1. The summed E-state index contributed by atoms with van der Waals surface area (Å²) < 4.78 is 39.1. The van der Waals surface area contributed by atoms with Gasteiger partial charge in [0.1, 0.15) is 17.7 Å². The highest BCUT2D eigenvalue weighted by Crippen LogP contribution is 2.23. The molecule has 4 rings (SSSR count). The fourth-order valence-electron chi connectivity index (χ4n) is 3.76. The molecule has 30 heavy (non-hydrogen) atoms. The van der Waals surface area contributed by atoms with E-state index in [0.717, 1.165) is 13.1 Å². The van der Waals surface area contributed by atoms with E-state index in [1.807, 2.05) is 6.07 Å². The van der Waals surface area contributed by atoms with Gasteiger partial charge in [-0.15, -0.1) is 0 Å². The monoisotopic (exact) mass is 417 g/mol. The third-order valence-electron chi connectivity index (χ3n) is 5.46. The summed E-state index contributed by atoms with van der Waals surface area (Å²) in [4.78, 5) is 21.2. The van der Waals surface area contributed by atoms with Gasteiger partial charge in [-0.3, -0.25) is 14.7 Å². The molecule has 2 fully saturated rings. The molecule has 2 aliphatic rings. The molecule has 1 atom stereocenters. The van der Waals surface area contributed by atoms with E-state index in [1.54, 1.807) is 17.0 Å². The van der Waals surface area contributed by atoms with Crippen LogP contribution < -0.4 is 0 Å². The molecule has 2 aromatic rings. The van der Waals surface area contributed by atoms with Crippen molar-refractivity contribution < 1.29 is 23.0 Å². The van der Waals surface area contributed by atoms with Crippen molar-refractivity contribution in [1.82, 2.24) is 14.8 Å². The quantitative estimate of drug-likeness (QED) is 0.747. The summed E-state index contributed by atoms with van der Waals surface area (Å²) >= 11 is 0. The third-order valence-corrected chi connectivity index (χ3v) is 5.46. The van der Waals surface area contributed by atoms with Crippen LogP contribution in [0, 0.1) is 11.6 Å². The van der Waals surface area contributed by atoms with Crippen LogP contribution >= 0.6 is 0 Å². The molecule has 1 amide bonds. The fourth-order valence-corrected chi connectivity index (χ4v) is 3.76. The number of nitrogens with zero attached hydrogens (tertiary/aromatic N) is 3. The molecule has 1 aromatic carbocycles. The van der Waals surface area contributed by atoms with Crippen molar-refractivity contribution in [3.05, 3.63) is 65.0 Å². The molecular weight excluding hydrogens is 392 g/mol.